The molecule has 20 heavy (non-hydrogen) atoms. The molecule has 2 rings (SSSR count). The van der Waals surface area contributed by atoms with Gasteiger partial charge in [-0.3, -0.25) is 10.1 Å². The molecule has 2 heterocycles. The van der Waals surface area contributed by atoms with Crippen LogP contribution in [0, 0.1) is 0 Å². The molecule has 0 spiro atoms. The second-order valence-electron chi connectivity index (χ2n) is 3.98. The molecule has 0 bridgehead atoms. The van der Waals surface area contributed by atoms with Gasteiger partial charge < -0.3 is 5.32 Å². The summed E-state index contributed by atoms with van der Waals surface area (Å²) in [5.74, 6) is 0.374. The first kappa shape index (κ1) is 14.2. The number of carbonyl (C=O) groups excluding carboxylic acids is 1. The lowest BCUT2D eigenvalue weighted by Crippen LogP contribution is -2.17. The molecule has 0 saturated carbocycles. The number of nitrogens with zero attached hydrogens (tertiary/aromatic N) is 3. The Hall–Kier alpha value is -2.21. The standard InChI is InChI=1S/C13H14ClN5O/c1-2-6-15-10-5-4-9(14)11(18-10)12(20)19-13-16-7-3-8-17-13/h3-5,7-8H,2,6H2,1H3,(H,15,18)(H,16,17,19,20). The van der Waals surface area contributed by atoms with E-state index in [1.807, 2.05) is 6.92 Å². The Labute approximate surface area is 121 Å². The number of rotatable bonds is 5. The summed E-state index contributed by atoms with van der Waals surface area (Å²) < 4.78 is 0. The van der Waals surface area contributed by atoms with Gasteiger partial charge in [-0.1, -0.05) is 18.5 Å². The zero-order chi connectivity index (χ0) is 14.4. The van der Waals surface area contributed by atoms with E-state index >= 15 is 0 Å². The average molecular weight is 292 g/mol. The van der Waals surface area contributed by atoms with E-state index in [-0.39, 0.29) is 16.7 Å². The van der Waals surface area contributed by atoms with Crippen LogP contribution in [-0.4, -0.2) is 27.4 Å². The molecule has 1 amide bonds. The molecule has 7 heteroatoms. The van der Waals surface area contributed by atoms with Crippen LogP contribution in [0.2, 0.25) is 5.02 Å². The van der Waals surface area contributed by atoms with Crippen molar-refractivity contribution >= 4 is 29.3 Å². The third kappa shape index (κ3) is 3.64. The summed E-state index contributed by atoms with van der Waals surface area (Å²) in [6.45, 7) is 2.82. The summed E-state index contributed by atoms with van der Waals surface area (Å²) in [5, 5.41) is 5.92. The highest BCUT2D eigenvalue weighted by Crippen LogP contribution is 2.17. The van der Waals surface area contributed by atoms with Crippen molar-refractivity contribution in [1.82, 2.24) is 15.0 Å². The van der Waals surface area contributed by atoms with Gasteiger partial charge in [0.05, 0.1) is 5.02 Å². The third-order valence-electron chi connectivity index (χ3n) is 2.41. The highest BCUT2D eigenvalue weighted by molar-refractivity contribution is 6.34. The van der Waals surface area contributed by atoms with Crippen molar-refractivity contribution in [2.75, 3.05) is 17.2 Å². The smallest absolute Gasteiger partial charge is 0.278 e. The van der Waals surface area contributed by atoms with E-state index in [0.29, 0.717) is 5.82 Å². The maximum absolute atomic E-state index is 12.1. The van der Waals surface area contributed by atoms with Gasteiger partial charge >= 0.3 is 0 Å². The summed E-state index contributed by atoms with van der Waals surface area (Å²) in [5.41, 5.74) is 0.139. The number of carbonyl (C=O) groups is 1. The van der Waals surface area contributed by atoms with Crippen LogP contribution in [-0.2, 0) is 0 Å². The second kappa shape index (κ2) is 6.81. The van der Waals surface area contributed by atoms with Gasteiger partial charge in [0, 0.05) is 18.9 Å². The van der Waals surface area contributed by atoms with Gasteiger partial charge in [-0.2, -0.15) is 0 Å². The molecule has 2 N–H and O–H groups in total. The highest BCUT2D eigenvalue weighted by atomic mass is 35.5. The molecule has 0 saturated heterocycles. The molecule has 0 radical (unpaired) electrons. The fraction of sp³-hybridized carbons (Fsp3) is 0.231. The molecule has 0 atom stereocenters. The van der Waals surface area contributed by atoms with Crippen LogP contribution >= 0.6 is 11.6 Å². The minimum atomic E-state index is -0.443. The Morgan fingerprint density at radius 2 is 2.05 bits per heavy atom. The number of halogens is 1. The van der Waals surface area contributed by atoms with E-state index in [1.165, 1.54) is 12.4 Å². The van der Waals surface area contributed by atoms with E-state index in [4.69, 9.17) is 11.6 Å². The van der Waals surface area contributed by atoms with E-state index in [9.17, 15) is 4.79 Å². The van der Waals surface area contributed by atoms with Crippen LogP contribution in [0.1, 0.15) is 23.8 Å². The third-order valence-corrected chi connectivity index (χ3v) is 2.71. The lowest BCUT2D eigenvalue weighted by atomic mass is 10.3. The Kier molecular flexibility index (Phi) is 4.84. The van der Waals surface area contributed by atoms with Crippen molar-refractivity contribution in [3.63, 3.8) is 0 Å². The van der Waals surface area contributed by atoms with Crippen molar-refractivity contribution in [1.29, 1.82) is 0 Å². The number of pyridine rings is 1. The van der Waals surface area contributed by atoms with Gasteiger partial charge in [-0.05, 0) is 24.6 Å². The largest absolute Gasteiger partial charge is 0.370 e. The summed E-state index contributed by atoms with van der Waals surface area (Å²) >= 11 is 6.00. The molecule has 0 aliphatic heterocycles. The zero-order valence-electron chi connectivity index (χ0n) is 10.9. The topological polar surface area (TPSA) is 79.8 Å². The molecular formula is C13H14ClN5O. The van der Waals surface area contributed by atoms with Crippen molar-refractivity contribution in [2.24, 2.45) is 0 Å². The first-order valence-corrected chi connectivity index (χ1v) is 6.57. The van der Waals surface area contributed by atoms with Crippen LogP contribution < -0.4 is 10.6 Å². The quantitative estimate of drug-likeness (QED) is 0.885. The lowest BCUT2D eigenvalue weighted by Gasteiger charge is -2.08. The first-order valence-electron chi connectivity index (χ1n) is 6.19. The van der Waals surface area contributed by atoms with Gasteiger partial charge in [-0.25, -0.2) is 15.0 Å². The molecule has 0 unspecified atom stereocenters. The van der Waals surface area contributed by atoms with E-state index in [2.05, 4.69) is 25.6 Å². The fourth-order valence-electron chi connectivity index (χ4n) is 1.48. The number of hydrogen-bond acceptors (Lipinski definition) is 5. The fourth-order valence-corrected chi connectivity index (χ4v) is 1.67. The SMILES string of the molecule is CCCNc1ccc(Cl)c(C(=O)Nc2ncccn2)n1. The van der Waals surface area contributed by atoms with Gasteiger partial charge in [0.15, 0.2) is 0 Å². The first-order chi connectivity index (χ1) is 9.70. The van der Waals surface area contributed by atoms with Crippen molar-refractivity contribution in [3.05, 3.63) is 41.3 Å². The summed E-state index contributed by atoms with van der Waals surface area (Å²) in [4.78, 5) is 24.1. The zero-order valence-corrected chi connectivity index (χ0v) is 11.7. The molecule has 0 aliphatic carbocycles. The van der Waals surface area contributed by atoms with Crippen LogP contribution in [0.25, 0.3) is 0 Å². The van der Waals surface area contributed by atoms with E-state index in [0.717, 1.165) is 13.0 Å². The number of nitrogens with one attached hydrogen (secondary N) is 2. The van der Waals surface area contributed by atoms with Gasteiger partial charge in [0.25, 0.3) is 5.91 Å². The normalized spacial score (nSPS) is 10.1. The predicted molar refractivity (Wildman–Crippen MR) is 78.0 cm³/mol. The average Bonchev–Trinajstić information content (AvgIpc) is 2.47. The van der Waals surface area contributed by atoms with E-state index < -0.39 is 5.91 Å². The van der Waals surface area contributed by atoms with Crippen LogP contribution in [0.3, 0.4) is 0 Å². The molecule has 0 aliphatic rings. The molecular weight excluding hydrogens is 278 g/mol. The Bertz CT molecular complexity index is 591. The second-order valence-corrected chi connectivity index (χ2v) is 4.39. The molecule has 0 aromatic carbocycles. The summed E-state index contributed by atoms with van der Waals surface area (Å²) in [6, 6.07) is 5.03. The predicted octanol–water partition coefficient (Wildman–Crippen LogP) is 2.60. The Morgan fingerprint density at radius 1 is 1.30 bits per heavy atom. The van der Waals surface area contributed by atoms with E-state index in [1.54, 1.807) is 18.2 Å². The Balaban J connectivity index is 2.16. The van der Waals surface area contributed by atoms with Crippen LogP contribution in [0.15, 0.2) is 30.6 Å². The van der Waals surface area contributed by atoms with Gasteiger partial charge in [0.1, 0.15) is 11.5 Å². The summed E-state index contributed by atoms with van der Waals surface area (Å²) in [7, 11) is 0. The molecule has 104 valence electrons. The maximum atomic E-state index is 12.1. The van der Waals surface area contributed by atoms with Crippen molar-refractivity contribution in [3.8, 4) is 0 Å². The number of hydrogen-bond donors (Lipinski definition) is 2. The van der Waals surface area contributed by atoms with Crippen LogP contribution in [0.5, 0.6) is 0 Å². The molecule has 2 aromatic rings. The minimum Gasteiger partial charge on any atom is -0.370 e. The van der Waals surface area contributed by atoms with Crippen molar-refractivity contribution < 1.29 is 4.79 Å². The van der Waals surface area contributed by atoms with Gasteiger partial charge in [0.2, 0.25) is 5.95 Å². The number of amides is 1. The molecule has 6 nitrogen and oxygen atoms in total. The minimum absolute atomic E-state index is 0.139. The van der Waals surface area contributed by atoms with Crippen LogP contribution in [0.4, 0.5) is 11.8 Å². The maximum Gasteiger partial charge on any atom is 0.278 e. The number of anilines is 2. The lowest BCUT2D eigenvalue weighted by molar-refractivity contribution is 0.102. The Morgan fingerprint density at radius 3 is 2.75 bits per heavy atom. The monoisotopic (exact) mass is 291 g/mol. The summed E-state index contributed by atoms with van der Waals surface area (Å²) in [6.07, 6.45) is 4.04. The molecule has 0 fully saturated rings. The van der Waals surface area contributed by atoms with Crippen molar-refractivity contribution in [2.45, 2.75) is 13.3 Å². The highest BCUT2D eigenvalue weighted by Gasteiger charge is 2.14. The number of aromatic nitrogens is 3. The van der Waals surface area contributed by atoms with Gasteiger partial charge in [-0.15, -0.1) is 0 Å². The molecule has 2 aromatic heterocycles.